The summed E-state index contributed by atoms with van der Waals surface area (Å²) in [6.45, 7) is 2.53. The van der Waals surface area contributed by atoms with Gasteiger partial charge in [0.15, 0.2) is 0 Å². The molecule has 1 aromatic rings. The van der Waals surface area contributed by atoms with Gasteiger partial charge in [0.1, 0.15) is 11.7 Å². The average molecular weight is 293 g/mol. The van der Waals surface area contributed by atoms with Gasteiger partial charge in [-0.1, -0.05) is 48.2 Å². The summed E-state index contributed by atoms with van der Waals surface area (Å²) in [5.74, 6) is 6.05. The van der Waals surface area contributed by atoms with Gasteiger partial charge in [-0.2, -0.15) is 5.10 Å². The van der Waals surface area contributed by atoms with Crippen molar-refractivity contribution in [3.05, 3.63) is 46.1 Å². The minimum Gasteiger partial charge on any atom is -0.242 e. The number of hydrazone groups is 1. The summed E-state index contributed by atoms with van der Waals surface area (Å²) in [5.41, 5.74) is 2.03. The number of benzene rings is 1. The molecule has 0 spiro atoms. The fourth-order valence-electron chi connectivity index (χ4n) is 1.71. The molecule has 0 N–H and O–H groups in total. The van der Waals surface area contributed by atoms with Crippen LogP contribution in [-0.2, 0) is 0 Å². The number of rotatable bonds is 2. The maximum atomic E-state index is 6.13. The number of hydrogen-bond donors (Lipinski definition) is 0. The number of nitrogens with zero attached hydrogens (tertiary/aromatic N) is 2. The lowest BCUT2D eigenvalue weighted by Crippen LogP contribution is -2.21. The van der Waals surface area contributed by atoms with Crippen LogP contribution in [-0.4, -0.2) is 17.3 Å². The quantitative estimate of drug-likeness (QED) is 0.588. The molecule has 0 amide bonds. The Bertz CT molecular complexity index is 562. The van der Waals surface area contributed by atoms with Crippen LogP contribution in [0, 0.1) is 11.8 Å². The smallest absolute Gasteiger partial charge is 0.122 e. The zero-order valence-corrected chi connectivity index (χ0v) is 12.2. The lowest BCUT2D eigenvalue weighted by Gasteiger charge is -2.21. The summed E-state index contributed by atoms with van der Waals surface area (Å²) in [6.07, 6.45) is 3.51. The van der Waals surface area contributed by atoms with Gasteiger partial charge in [0.2, 0.25) is 0 Å². The predicted octanol–water partition coefficient (Wildman–Crippen LogP) is 4.24. The fraction of sp³-hybridized carbons (Fsp3) is 0.267. The molecule has 0 atom stereocenters. The second-order valence-corrected chi connectivity index (χ2v) is 4.87. The molecular formula is C15H14Cl2N2. The van der Waals surface area contributed by atoms with Crippen LogP contribution in [0.25, 0.3) is 0 Å². The van der Waals surface area contributed by atoms with Crippen molar-refractivity contribution in [1.29, 1.82) is 0 Å². The van der Waals surface area contributed by atoms with Crippen molar-refractivity contribution in [1.82, 2.24) is 5.01 Å². The van der Waals surface area contributed by atoms with Crippen LogP contribution in [0.15, 0.2) is 40.6 Å². The Morgan fingerprint density at radius 2 is 1.95 bits per heavy atom. The van der Waals surface area contributed by atoms with Crippen LogP contribution in [0.1, 0.15) is 25.3 Å². The summed E-state index contributed by atoms with van der Waals surface area (Å²) in [5, 5.41) is 7.61. The van der Waals surface area contributed by atoms with Crippen molar-refractivity contribution in [2.45, 2.75) is 19.8 Å². The first kappa shape index (κ1) is 14.0. The van der Waals surface area contributed by atoms with Crippen molar-refractivity contribution in [2.24, 2.45) is 5.10 Å². The number of hydrogen-bond acceptors (Lipinski definition) is 2. The molecule has 0 bridgehead atoms. The standard InChI is InChI=1S/C15H14Cl2N2/c1-2-3-4-11-19-15(17)10-9-14(18-19)12-5-7-13(16)8-6-12/h5-8,10H,2,9,11H2,1H3. The van der Waals surface area contributed by atoms with Gasteiger partial charge in [-0.25, -0.2) is 5.01 Å². The van der Waals surface area contributed by atoms with E-state index in [0.717, 1.165) is 29.1 Å². The molecule has 4 heteroatoms. The van der Waals surface area contributed by atoms with E-state index in [2.05, 4.69) is 16.9 Å². The third-order valence-corrected chi connectivity index (χ3v) is 3.26. The third kappa shape index (κ3) is 3.76. The van der Waals surface area contributed by atoms with Crippen LogP contribution < -0.4 is 0 Å². The molecule has 0 radical (unpaired) electrons. The minimum atomic E-state index is 0.514. The summed E-state index contributed by atoms with van der Waals surface area (Å²) in [7, 11) is 0. The molecule has 0 fully saturated rings. The molecule has 0 aliphatic carbocycles. The van der Waals surface area contributed by atoms with Gasteiger partial charge in [-0.05, 0) is 23.8 Å². The zero-order chi connectivity index (χ0) is 13.7. The van der Waals surface area contributed by atoms with Crippen LogP contribution in [0.2, 0.25) is 5.02 Å². The molecule has 19 heavy (non-hydrogen) atoms. The third-order valence-electron chi connectivity index (χ3n) is 2.66. The highest BCUT2D eigenvalue weighted by Crippen LogP contribution is 2.20. The van der Waals surface area contributed by atoms with Gasteiger partial charge < -0.3 is 0 Å². The largest absolute Gasteiger partial charge is 0.242 e. The molecule has 1 aliphatic rings. The SMILES string of the molecule is CCC#CCN1N=C(c2ccc(Cl)cc2)CC=C1Cl. The summed E-state index contributed by atoms with van der Waals surface area (Å²) < 4.78 is 0. The van der Waals surface area contributed by atoms with E-state index in [1.165, 1.54) is 0 Å². The van der Waals surface area contributed by atoms with E-state index < -0.39 is 0 Å². The molecule has 2 nitrogen and oxygen atoms in total. The molecule has 1 aliphatic heterocycles. The monoisotopic (exact) mass is 292 g/mol. The molecule has 1 aromatic carbocycles. The highest BCUT2D eigenvalue weighted by Gasteiger charge is 2.14. The predicted molar refractivity (Wildman–Crippen MR) is 81.3 cm³/mol. The Morgan fingerprint density at radius 1 is 1.21 bits per heavy atom. The normalized spacial score (nSPS) is 14.4. The lowest BCUT2D eigenvalue weighted by molar-refractivity contribution is 0.429. The molecule has 2 rings (SSSR count). The Labute approximate surface area is 123 Å². The highest BCUT2D eigenvalue weighted by atomic mass is 35.5. The highest BCUT2D eigenvalue weighted by molar-refractivity contribution is 6.31. The van der Waals surface area contributed by atoms with E-state index in [-0.39, 0.29) is 0 Å². The molecule has 98 valence electrons. The molecule has 0 aromatic heterocycles. The van der Waals surface area contributed by atoms with Crippen LogP contribution >= 0.6 is 23.2 Å². The van der Waals surface area contributed by atoms with Crippen molar-refractivity contribution >= 4 is 28.9 Å². The Balaban J connectivity index is 2.18. The molecule has 0 unspecified atom stereocenters. The van der Waals surface area contributed by atoms with Gasteiger partial charge in [0, 0.05) is 17.9 Å². The Morgan fingerprint density at radius 3 is 2.63 bits per heavy atom. The summed E-state index contributed by atoms with van der Waals surface area (Å²) in [4.78, 5) is 0. The van der Waals surface area contributed by atoms with E-state index in [4.69, 9.17) is 23.2 Å². The van der Waals surface area contributed by atoms with E-state index >= 15 is 0 Å². The topological polar surface area (TPSA) is 15.6 Å². The van der Waals surface area contributed by atoms with Crippen LogP contribution in [0.5, 0.6) is 0 Å². The number of allylic oxidation sites excluding steroid dienone is 1. The van der Waals surface area contributed by atoms with E-state index in [1.807, 2.05) is 37.3 Å². The van der Waals surface area contributed by atoms with E-state index in [1.54, 1.807) is 5.01 Å². The van der Waals surface area contributed by atoms with Gasteiger partial charge in [0.05, 0.1) is 5.71 Å². The van der Waals surface area contributed by atoms with E-state index in [9.17, 15) is 0 Å². The Kier molecular flexibility index (Phi) is 4.90. The fourth-order valence-corrected chi connectivity index (χ4v) is 2.01. The van der Waals surface area contributed by atoms with Crippen molar-refractivity contribution < 1.29 is 0 Å². The van der Waals surface area contributed by atoms with Crippen LogP contribution in [0.3, 0.4) is 0 Å². The maximum absolute atomic E-state index is 6.13. The first-order valence-electron chi connectivity index (χ1n) is 6.13. The maximum Gasteiger partial charge on any atom is 0.122 e. The Hall–Kier alpha value is -1.43. The molecule has 0 saturated carbocycles. The summed E-state index contributed by atoms with van der Waals surface area (Å²) in [6, 6.07) is 7.65. The average Bonchev–Trinajstić information content (AvgIpc) is 2.42. The lowest BCUT2D eigenvalue weighted by atomic mass is 10.1. The van der Waals surface area contributed by atoms with Crippen molar-refractivity contribution in [3.63, 3.8) is 0 Å². The van der Waals surface area contributed by atoms with Crippen molar-refractivity contribution in [2.75, 3.05) is 6.54 Å². The molecule has 1 heterocycles. The van der Waals surface area contributed by atoms with Gasteiger partial charge in [0.25, 0.3) is 0 Å². The first-order valence-corrected chi connectivity index (χ1v) is 6.88. The second kappa shape index (κ2) is 6.65. The zero-order valence-electron chi connectivity index (χ0n) is 10.7. The number of halogens is 2. The summed E-state index contributed by atoms with van der Waals surface area (Å²) >= 11 is 12.0. The first-order chi connectivity index (χ1) is 9.20. The van der Waals surface area contributed by atoms with Gasteiger partial charge in [-0.15, -0.1) is 5.92 Å². The molecular weight excluding hydrogens is 279 g/mol. The molecule has 0 saturated heterocycles. The second-order valence-electron chi connectivity index (χ2n) is 4.05. The van der Waals surface area contributed by atoms with Crippen molar-refractivity contribution in [3.8, 4) is 11.8 Å². The minimum absolute atomic E-state index is 0.514. The van der Waals surface area contributed by atoms with Gasteiger partial charge >= 0.3 is 0 Å². The van der Waals surface area contributed by atoms with Gasteiger partial charge in [-0.3, -0.25) is 0 Å². The van der Waals surface area contributed by atoms with Crippen LogP contribution in [0.4, 0.5) is 0 Å². The van der Waals surface area contributed by atoms with E-state index in [0.29, 0.717) is 11.7 Å².